The van der Waals surface area contributed by atoms with E-state index >= 15 is 0 Å². The Labute approximate surface area is 117 Å². The lowest BCUT2D eigenvalue weighted by Crippen LogP contribution is -2.39. The minimum atomic E-state index is -3.67. The van der Waals surface area contributed by atoms with Gasteiger partial charge in [0.1, 0.15) is 11.8 Å². The molecule has 1 rings (SSSR count). The number of hydrogen-bond donors (Lipinski definition) is 1. The van der Waals surface area contributed by atoms with Gasteiger partial charge in [0.15, 0.2) is 0 Å². The molecule has 0 heterocycles. The fourth-order valence-corrected chi connectivity index (χ4v) is 3.15. The van der Waals surface area contributed by atoms with Crippen LogP contribution >= 0.6 is 18.1 Å². The first-order valence-corrected chi connectivity index (χ1v) is 8.28. The van der Waals surface area contributed by atoms with E-state index in [1.807, 2.05) is 0 Å². The Hall–Kier alpha value is -1.03. The molecule has 0 aliphatic carbocycles. The second-order valence-electron chi connectivity index (χ2n) is 4.26. The van der Waals surface area contributed by atoms with Gasteiger partial charge in [0.25, 0.3) is 0 Å². The van der Waals surface area contributed by atoms with Crippen LogP contribution in [0.2, 0.25) is 0 Å². The molecule has 1 aromatic carbocycles. The van der Waals surface area contributed by atoms with Crippen LogP contribution in [0.15, 0.2) is 30.3 Å². The summed E-state index contributed by atoms with van der Waals surface area (Å²) >= 11 is 5.83. The average molecular weight is 306 g/mol. The SMILES string of the molecule is COC(=O)[C@@H](NP(=O)(Cl)Oc1ccccc1)C(C)C. The van der Waals surface area contributed by atoms with Crippen molar-refractivity contribution >= 4 is 24.1 Å². The summed E-state index contributed by atoms with van der Waals surface area (Å²) in [5.41, 5.74) is 0. The maximum Gasteiger partial charge on any atom is 0.409 e. The van der Waals surface area contributed by atoms with Crippen LogP contribution in [-0.2, 0) is 14.1 Å². The van der Waals surface area contributed by atoms with Crippen LogP contribution in [0.1, 0.15) is 13.8 Å². The van der Waals surface area contributed by atoms with Crippen molar-refractivity contribution in [3.8, 4) is 5.75 Å². The molecule has 2 atom stereocenters. The Balaban J connectivity index is 2.77. The molecule has 7 heteroatoms. The van der Waals surface area contributed by atoms with E-state index in [1.54, 1.807) is 44.2 Å². The number of halogens is 1. The Morgan fingerprint density at radius 3 is 2.37 bits per heavy atom. The van der Waals surface area contributed by atoms with Gasteiger partial charge in [-0.2, -0.15) is 0 Å². The molecule has 0 amide bonds. The number of methoxy groups -OCH3 is 1. The van der Waals surface area contributed by atoms with E-state index in [2.05, 4.69) is 9.82 Å². The van der Waals surface area contributed by atoms with E-state index in [0.29, 0.717) is 5.75 Å². The third-order valence-corrected chi connectivity index (χ3v) is 3.91. The van der Waals surface area contributed by atoms with Crippen molar-refractivity contribution in [3.05, 3.63) is 30.3 Å². The average Bonchev–Trinajstić information content (AvgIpc) is 2.35. The third-order valence-electron chi connectivity index (χ3n) is 2.38. The first-order valence-electron chi connectivity index (χ1n) is 5.75. The highest BCUT2D eigenvalue weighted by Crippen LogP contribution is 2.49. The molecule has 106 valence electrons. The van der Waals surface area contributed by atoms with Gasteiger partial charge >= 0.3 is 12.8 Å². The Morgan fingerprint density at radius 2 is 1.89 bits per heavy atom. The molecule has 0 aliphatic heterocycles. The highest BCUT2D eigenvalue weighted by Gasteiger charge is 2.32. The summed E-state index contributed by atoms with van der Waals surface area (Å²) in [7, 11) is 1.26. The van der Waals surface area contributed by atoms with Gasteiger partial charge in [-0.3, -0.25) is 4.79 Å². The molecule has 19 heavy (non-hydrogen) atoms. The van der Waals surface area contributed by atoms with Crippen molar-refractivity contribution < 1.29 is 18.6 Å². The summed E-state index contributed by atoms with van der Waals surface area (Å²) < 4.78 is 22.0. The summed E-state index contributed by atoms with van der Waals surface area (Å²) in [6.07, 6.45) is 0. The fraction of sp³-hybridized carbons (Fsp3) is 0.417. The molecule has 5 nitrogen and oxygen atoms in total. The van der Waals surface area contributed by atoms with Gasteiger partial charge in [-0.05, 0) is 18.1 Å². The standard InChI is InChI=1S/C12H17ClNO4P/c1-9(2)11(12(15)17-3)14-19(13,16)18-10-7-5-4-6-8-10/h4-9,11H,1-3H3,(H,14,16)/t11-,19?/m0/s1. The predicted molar refractivity (Wildman–Crippen MR) is 74.3 cm³/mol. The topological polar surface area (TPSA) is 64.6 Å². The normalized spacial score (nSPS) is 15.6. The predicted octanol–water partition coefficient (Wildman–Crippen LogP) is 3.20. The molecule has 1 aromatic rings. The number of ether oxygens (including phenoxy) is 1. The van der Waals surface area contributed by atoms with E-state index in [0.717, 1.165) is 0 Å². The molecule has 1 unspecified atom stereocenters. The van der Waals surface area contributed by atoms with Gasteiger partial charge in [0.05, 0.1) is 7.11 Å². The first-order chi connectivity index (χ1) is 8.85. The lowest BCUT2D eigenvalue weighted by Gasteiger charge is -2.22. The number of para-hydroxylation sites is 1. The molecule has 0 spiro atoms. The maximum atomic E-state index is 12.1. The molecule has 0 aromatic heterocycles. The number of benzene rings is 1. The number of carbonyl (C=O) groups is 1. The van der Waals surface area contributed by atoms with Crippen LogP contribution in [0, 0.1) is 5.92 Å². The Bertz CT molecular complexity index is 466. The largest absolute Gasteiger partial charge is 0.468 e. The quantitative estimate of drug-likeness (QED) is 0.646. The van der Waals surface area contributed by atoms with Gasteiger partial charge in [-0.25, -0.2) is 9.65 Å². The molecular formula is C12H17ClNO4P. The van der Waals surface area contributed by atoms with Crippen LogP contribution in [0.5, 0.6) is 5.75 Å². The summed E-state index contributed by atoms with van der Waals surface area (Å²) in [6.45, 7) is -0.0987. The zero-order valence-corrected chi connectivity index (χ0v) is 12.6. The second kappa shape index (κ2) is 6.94. The van der Waals surface area contributed by atoms with Crippen molar-refractivity contribution in [1.29, 1.82) is 0 Å². The van der Waals surface area contributed by atoms with E-state index in [9.17, 15) is 9.36 Å². The molecule has 1 N–H and O–H groups in total. The van der Waals surface area contributed by atoms with Crippen LogP contribution in [0.4, 0.5) is 0 Å². The highest BCUT2D eigenvalue weighted by atomic mass is 35.7. The van der Waals surface area contributed by atoms with Crippen LogP contribution in [0.3, 0.4) is 0 Å². The van der Waals surface area contributed by atoms with Gasteiger partial charge < -0.3 is 9.26 Å². The minimum absolute atomic E-state index is 0.140. The third kappa shape index (κ3) is 5.23. The number of esters is 1. The lowest BCUT2D eigenvalue weighted by atomic mass is 10.1. The number of hydrogen-bond acceptors (Lipinski definition) is 4. The minimum Gasteiger partial charge on any atom is -0.468 e. The molecular weight excluding hydrogens is 289 g/mol. The number of carbonyl (C=O) groups excluding carboxylic acids is 1. The van der Waals surface area contributed by atoms with E-state index in [-0.39, 0.29) is 5.92 Å². The fourth-order valence-electron chi connectivity index (χ4n) is 1.41. The smallest absolute Gasteiger partial charge is 0.409 e. The van der Waals surface area contributed by atoms with Gasteiger partial charge in [-0.1, -0.05) is 32.0 Å². The summed E-state index contributed by atoms with van der Waals surface area (Å²) in [5, 5.41) is 2.52. The van der Waals surface area contributed by atoms with Crippen molar-refractivity contribution in [1.82, 2.24) is 5.09 Å². The Morgan fingerprint density at radius 1 is 1.32 bits per heavy atom. The maximum absolute atomic E-state index is 12.1. The molecule has 0 bridgehead atoms. The summed E-state index contributed by atoms with van der Waals surface area (Å²) in [4.78, 5) is 11.6. The van der Waals surface area contributed by atoms with Gasteiger partial charge in [-0.15, -0.1) is 0 Å². The zero-order chi connectivity index (χ0) is 14.5. The molecule has 0 saturated carbocycles. The van der Waals surface area contributed by atoms with Crippen molar-refractivity contribution in [3.63, 3.8) is 0 Å². The van der Waals surface area contributed by atoms with E-state index in [1.165, 1.54) is 7.11 Å². The van der Waals surface area contributed by atoms with Crippen LogP contribution in [-0.4, -0.2) is 19.1 Å². The van der Waals surface area contributed by atoms with Gasteiger partial charge in [0, 0.05) is 11.2 Å². The number of nitrogens with one attached hydrogen (secondary N) is 1. The first kappa shape index (κ1) is 16.0. The second-order valence-corrected chi connectivity index (χ2v) is 6.99. The molecule has 0 saturated heterocycles. The summed E-state index contributed by atoms with van der Waals surface area (Å²) in [5.74, 6) is -0.313. The highest BCUT2D eigenvalue weighted by molar-refractivity contribution is 7.84. The summed E-state index contributed by atoms with van der Waals surface area (Å²) in [6, 6.07) is 7.71. The Kier molecular flexibility index (Phi) is 5.85. The molecule has 0 radical (unpaired) electrons. The van der Waals surface area contributed by atoms with Crippen molar-refractivity contribution in [2.45, 2.75) is 19.9 Å². The van der Waals surface area contributed by atoms with Crippen molar-refractivity contribution in [2.24, 2.45) is 5.92 Å². The van der Waals surface area contributed by atoms with Crippen LogP contribution in [0.25, 0.3) is 0 Å². The van der Waals surface area contributed by atoms with E-state index < -0.39 is 18.9 Å². The monoisotopic (exact) mass is 305 g/mol. The van der Waals surface area contributed by atoms with E-state index in [4.69, 9.17) is 15.8 Å². The lowest BCUT2D eigenvalue weighted by molar-refractivity contribution is -0.143. The zero-order valence-electron chi connectivity index (χ0n) is 11.0. The molecule has 0 fully saturated rings. The molecule has 0 aliphatic rings. The van der Waals surface area contributed by atoms with Crippen LogP contribution < -0.4 is 9.61 Å². The van der Waals surface area contributed by atoms with Gasteiger partial charge in [0.2, 0.25) is 0 Å². The number of rotatable bonds is 6. The van der Waals surface area contributed by atoms with Crippen molar-refractivity contribution in [2.75, 3.05) is 7.11 Å².